The summed E-state index contributed by atoms with van der Waals surface area (Å²) < 4.78 is 19.9. The van der Waals surface area contributed by atoms with Gasteiger partial charge in [0.25, 0.3) is 5.91 Å². The maximum Gasteiger partial charge on any atom is 0.291 e. The molecule has 0 saturated carbocycles. The van der Waals surface area contributed by atoms with E-state index in [9.17, 15) is 9.59 Å². The van der Waals surface area contributed by atoms with Crippen LogP contribution in [0.5, 0.6) is 11.5 Å². The zero-order valence-corrected chi connectivity index (χ0v) is 28.3. The molecule has 1 amide bonds. The van der Waals surface area contributed by atoms with Gasteiger partial charge in [0.15, 0.2) is 22.7 Å². The molecule has 1 aliphatic heterocycles. The number of para-hydroxylation sites is 1. The minimum absolute atomic E-state index is 0.151. The lowest BCUT2D eigenvalue weighted by Crippen LogP contribution is -2.34. The highest BCUT2D eigenvalue weighted by Gasteiger charge is 2.22. The van der Waals surface area contributed by atoms with Crippen LogP contribution < -0.4 is 20.2 Å². The number of rotatable bonds is 11. The van der Waals surface area contributed by atoms with Crippen LogP contribution >= 0.6 is 0 Å². The highest BCUT2D eigenvalue weighted by molar-refractivity contribution is 6.05. The molecule has 260 valence electrons. The fourth-order valence-corrected chi connectivity index (χ4v) is 6.20. The molecule has 0 spiro atoms. The van der Waals surface area contributed by atoms with E-state index in [1.165, 1.54) is 29.2 Å². The number of hydrogen-bond acceptors (Lipinski definition) is 10. The molecular weight excluding hydrogens is 660 g/mol. The number of amides is 1. The summed E-state index contributed by atoms with van der Waals surface area (Å²) >= 11 is 0. The Morgan fingerprint density at radius 2 is 1.75 bits per heavy atom. The Morgan fingerprint density at radius 1 is 0.923 bits per heavy atom. The lowest BCUT2D eigenvalue weighted by atomic mass is 10.1. The van der Waals surface area contributed by atoms with Gasteiger partial charge in [-0.1, -0.05) is 54.6 Å². The third-order valence-corrected chi connectivity index (χ3v) is 9.03. The van der Waals surface area contributed by atoms with Crippen molar-refractivity contribution in [3.63, 3.8) is 0 Å². The quantitative estimate of drug-likeness (QED) is 0.184. The molecule has 3 aromatic heterocycles. The topological polar surface area (TPSA) is 142 Å². The minimum atomic E-state index is -0.637. The number of nitrogens with zero attached hydrogens (tertiary/aromatic N) is 7. The van der Waals surface area contributed by atoms with E-state index in [0.29, 0.717) is 33.7 Å². The summed E-state index contributed by atoms with van der Waals surface area (Å²) in [7, 11) is 1.51. The van der Waals surface area contributed by atoms with Gasteiger partial charge in [0.05, 0.1) is 41.5 Å². The van der Waals surface area contributed by atoms with Crippen LogP contribution in [0.15, 0.2) is 119 Å². The molecule has 8 rings (SSSR count). The van der Waals surface area contributed by atoms with Crippen molar-refractivity contribution in [1.29, 1.82) is 0 Å². The molecule has 0 radical (unpaired) electrons. The maximum atomic E-state index is 13.6. The van der Waals surface area contributed by atoms with Crippen molar-refractivity contribution in [1.82, 2.24) is 34.7 Å². The molecule has 0 aliphatic carbocycles. The standard InChI is InChI=1S/C39H34N8O5/c1-50-35-20-32(41-39(49)37-21-33(48)30-9-5-6-10-34(30)52-37)31(19-36(35)51-24-27-7-3-2-4-8-27)38-42-44-47(43-38)28-13-11-26(12-14-28)15-16-45-17-18-46-25-40-22-29(46)23-45/h2-14,19-22,25H,15-18,23-24H2,1H3,(H,41,49). The highest BCUT2D eigenvalue weighted by Crippen LogP contribution is 2.38. The number of fused-ring (bicyclic) bond motifs is 2. The Balaban J connectivity index is 1.06. The number of nitrogens with one attached hydrogen (secondary N) is 1. The van der Waals surface area contributed by atoms with E-state index in [1.54, 1.807) is 36.4 Å². The molecule has 13 nitrogen and oxygen atoms in total. The predicted molar refractivity (Wildman–Crippen MR) is 194 cm³/mol. The Kier molecular flexibility index (Phi) is 8.98. The van der Waals surface area contributed by atoms with Crippen LogP contribution in [0.25, 0.3) is 28.0 Å². The van der Waals surface area contributed by atoms with Gasteiger partial charge < -0.3 is 23.8 Å². The number of hydrogen-bond donors (Lipinski definition) is 1. The third-order valence-electron chi connectivity index (χ3n) is 9.03. The molecule has 0 atom stereocenters. The van der Waals surface area contributed by atoms with Crippen molar-refractivity contribution in [3.8, 4) is 28.6 Å². The molecule has 13 heteroatoms. The van der Waals surface area contributed by atoms with Crippen molar-refractivity contribution in [2.45, 2.75) is 26.1 Å². The van der Waals surface area contributed by atoms with Crippen LogP contribution in [-0.4, -0.2) is 60.8 Å². The number of carbonyl (C=O) groups excluding carboxylic acids is 1. The van der Waals surface area contributed by atoms with E-state index in [-0.39, 0.29) is 23.6 Å². The van der Waals surface area contributed by atoms with Crippen molar-refractivity contribution in [2.24, 2.45) is 0 Å². The van der Waals surface area contributed by atoms with Gasteiger partial charge in [0.2, 0.25) is 5.82 Å². The first kappa shape index (κ1) is 32.6. The number of benzene rings is 4. The number of methoxy groups -OCH3 is 1. The maximum absolute atomic E-state index is 13.6. The summed E-state index contributed by atoms with van der Waals surface area (Å²) in [5, 5.41) is 16.6. The Morgan fingerprint density at radius 3 is 2.60 bits per heavy atom. The number of aromatic nitrogens is 6. The van der Waals surface area contributed by atoms with Crippen molar-refractivity contribution in [3.05, 3.63) is 142 Å². The first-order valence-corrected chi connectivity index (χ1v) is 16.8. The van der Waals surface area contributed by atoms with E-state index in [1.807, 2.05) is 55.0 Å². The average molecular weight is 695 g/mol. The predicted octanol–water partition coefficient (Wildman–Crippen LogP) is 5.53. The van der Waals surface area contributed by atoms with Crippen LogP contribution in [0, 0.1) is 0 Å². The molecule has 1 aliphatic rings. The first-order chi connectivity index (χ1) is 25.5. The van der Waals surface area contributed by atoms with Crippen LogP contribution in [0.1, 0.15) is 27.4 Å². The molecule has 0 unspecified atom stereocenters. The van der Waals surface area contributed by atoms with Gasteiger partial charge in [0.1, 0.15) is 12.2 Å². The van der Waals surface area contributed by atoms with Gasteiger partial charge in [-0.2, -0.15) is 0 Å². The summed E-state index contributed by atoms with van der Waals surface area (Å²) in [4.78, 5) is 34.5. The van der Waals surface area contributed by atoms with Crippen LogP contribution in [0.2, 0.25) is 0 Å². The summed E-state index contributed by atoms with van der Waals surface area (Å²) in [5.74, 6) is 0.225. The van der Waals surface area contributed by atoms with Crippen LogP contribution in [0.3, 0.4) is 0 Å². The molecule has 0 bridgehead atoms. The Bertz CT molecular complexity index is 2420. The summed E-state index contributed by atoms with van der Waals surface area (Å²) in [6, 6.07) is 29.0. The second-order valence-corrected chi connectivity index (χ2v) is 12.4. The van der Waals surface area contributed by atoms with E-state index in [4.69, 9.17) is 13.9 Å². The normalized spacial score (nSPS) is 12.8. The second kappa shape index (κ2) is 14.3. The van der Waals surface area contributed by atoms with E-state index < -0.39 is 5.91 Å². The number of anilines is 1. The molecule has 4 heterocycles. The van der Waals surface area contributed by atoms with Crippen LogP contribution in [0.4, 0.5) is 5.69 Å². The zero-order chi connectivity index (χ0) is 35.4. The number of tetrazole rings is 1. The number of imidazole rings is 1. The van der Waals surface area contributed by atoms with E-state index in [2.05, 4.69) is 47.3 Å². The Hall–Kier alpha value is -6.60. The first-order valence-electron chi connectivity index (χ1n) is 16.8. The largest absolute Gasteiger partial charge is 0.493 e. The van der Waals surface area contributed by atoms with Gasteiger partial charge >= 0.3 is 0 Å². The molecule has 0 saturated heterocycles. The molecule has 1 N–H and O–H groups in total. The van der Waals surface area contributed by atoms with Gasteiger partial charge in [0, 0.05) is 44.5 Å². The van der Waals surface area contributed by atoms with Crippen LogP contribution in [-0.2, 0) is 26.1 Å². The van der Waals surface area contributed by atoms with Gasteiger partial charge in [-0.15, -0.1) is 15.0 Å². The monoisotopic (exact) mass is 694 g/mol. The summed E-state index contributed by atoms with van der Waals surface area (Å²) in [5.41, 5.74) is 4.83. The second-order valence-electron chi connectivity index (χ2n) is 12.4. The lowest BCUT2D eigenvalue weighted by molar-refractivity contribution is 0.0997. The Labute approximate surface area is 298 Å². The van der Waals surface area contributed by atoms with Crippen molar-refractivity contribution >= 4 is 22.6 Å². The van der Waals surface area contributed by atoms with Gasteiger partial charge in [-0.3, -0.25) is 14.5 Å². The number of carbonyl (C=O) groups is 1. The third kappa shape index (κ3) is 6.89. The van der Waals surface area contributed by atoms with Gasteiger partial charge in [-0.05, 0) is 53.1 Å². The van der Waals surface area contributed by atoms with E-state index in [0.717, 1.165) is 43.9 Å². The molecule has 4 aromatic carbocycles. The van der Waals surface area contributed by atoms with Crippen molar-refractivity contribution < 1.29 is 18.7 Å². The number of ether oxygens (including phenoxy) is 2. The molecule has 52 heavy (non-hydrogen) atoms. The molecule has 0 fully saturated rings. The SMILES string of the molecule is COc1cc(NC(=O)c2cc(=O)c3ccccc3o2)c(-c2nnn(-c3ccc(CCN4CCn5cncc5C4)cc3)n2)cc1OCc1ccccc1. The fourth-order valence-electron chi connectivity index (χ4n) is 6.20. The fraction of sp³-hybridized carbons (Fsp3) is 0.179. The zero-order valence-electron chi connectivity index (χ0n) is 28.3. The highest BCUT2D eigenvalue weighted by atomic mass is 16.5. The lowest BCUT2D eigenvalue weighted by Gasteiger charge is -2.27. The smallest absolute Gasteiger partial charge is 0.291 e. The van der Waals surface area contributed by atoms with E-state index >= 15 is 0 Å². The summed E-state index contributed by atoms with van der Waals surface area (Å²) in [6.45, 7) is 4.07. The average Bonchev–Trinajstić information content (AvgIpc) is 3.87. The minimum Gasteiger partial charge on any atom is -0.493 e. The van der Waals surface area contributed by atoms with Gasteiger partial charge in [-0.25, -0.2) is 4.98 Å². The molecular formula is C39H34N8O5. The van der Waals surface area contributed by atoms with Crippen molar-refractivity contribution in [2.75, 3.05) is 25.5 Å². The summed E-state index contributed by atoms with van der Waals surface area (Å²) in [6.07, 6.45) is 4.74. The molecule has 7 aromatic rings.